The van der Waals surface area contributed by atoms with Gasteiger partial charge in [-0.05, 0) is 49.6 Å². The van der Waals surface area contributed by atoms with E-state index in [2.05, 4.69) is 15.3 Å². The molecular formula is C24H27N5O3S2. The highest BCUT2D eigenvalue weighted by Crippen LogP contribution is 2.28. The normalized spacial score (nSPS) is 15.2. The van der Waals surface area contributed by atoms with E-state index in [4.69, 9.17) is 0 Å². The maximum Gasteiger partial charge on any atom is 0.243 e. The quantitative estimate of drug-likeness (QED) is 0.430. The molecule has 0 saturated carbocycles. The molecule has 34 heavy (non-hydrogen) atoms. The number of thiazole rings is 1. The van der Waals surface area contributed by atoms with Crippen molar-refractivity contribution >= 4 is 53.6 Å². The summed E-state index contributed by atoms with van der Waals surface area (Å²) in [5.41, 5.74) is 3.45. The lowest BCUT2D eigenvalue weighted by Crippen LogP contribution is -2.35. The van der Waals surface area contributed by atoms with Crippen molar-refractivity contribution in [3.8, 4) is 0 Å². The molecule has 1 amide bonds. The fourth-order valence-electron chi connectivity index (χ4n) is 4.41. The van der Waals surface area contributed by atoms with Crippen molar-refractivity contribution in [2.24, 2.45) is 7.05 Å². The number of carbonyl (C=O) groups excluding carboxylic acids is 1. The van der Waals surface area contributed by atoms with E-state index in [1.807, 2.05) is 36.7 Å². The lowest BCUT2D eigenvalue weighted by Gasteiger charge is -2.25. The van der Waals surface area contributed by atoms with E-state index in [-0.39, 0.29) is 17.2 Å². The Morgan fingerprint density at radius 3 is 2.68 bits per heavy atom. The van der Waals surface area contributed by atoms with Crippen molar-refractivity contribution in [1.82, 2.24) is 18.8 Å². The zero-order chi connectivity index (χ0) is 23.9. The number of nitrogens with zero attached hydrogens (tertiary/aromatic N) is 4. The molecule has 5 rings (SSSR count). The number of para-hydroxylation sites is 1. The lowest BCUT2D eigenvalue weighted by molar-refractivity contribution is -0.116. The number of hydrogen-bond donors (Lipinski definition) is 1. The summed E-state index contributed by atoms with van der Waals surface area (Å²) < 4.78 is 30.6. The van der Waals surface area contributed by atoms with Gasteiger partial charge in [-0.15, -0.1) is 0 Å². The maximum atomic E-state index is 13.0. The summed E-state index contributed by atoms with van der Waals surface area (Å²) in [7, 11) is -1.63. The van der Waals surface area contributed by atoms with E-state index in [0.29, 0.717) is 30.2 Å². The number of aryl methyl sites for hydroxylation is 3. The van der Waals surface area contributed by atoms with Gasteiger partial charge in [0.2, 0.25) is 15.9 Å². The minimum atomic E-state index is -3.52. The molecule has 0 aliphatic carbocycles. The molecule has 0 atom stereocenters. The summed E-state index contributed by atoms with van der Waals surface area (Å²) >= 11 is 1.46. The van der Waals surface area contributed by atoms with Gasteiger partial charge in [-0.2, -0.15) is 4.31 Å². The van der Waals surface area contributed by atoms with E-state index in [1.165, 1.54) is 11.3 Å². The van der Waals surface area contributed by atoms with Crippen LogP contribution in [0.5, 0.6) is 0 Å². The molecule has 0 bridgehead atoms. The molecule has 8 nitrogen and oxygen atoms in total. The topological polar surface area (TPSA) is 97.2 Å². The van der Waals surface area contributed by atoms with Crippen LogP contribution in [0.3, 0.4) is 0 Å². The second kappa shape index (κ2) is 9.09. The van der Waals surface area contributed by atoms with Gasteiger partial charge in [0, 0.05) is 33.0 Å². The molecule has 2 aromatic carbocycles. The third-order valence-electron chi connectivity index (χ3n) is 6.34. The second-order valence-electron chi connectivity index (χ2n) is 8.69. The van der Waals surface area contributed by atoms with Crippen LogP contribution in [0.15, 0.2) is 41.3 Å². The van der Waals surface area contributed by atoms with Crippen LogP contribution in [0.4, 0.5) is 5.13 Å². The zero-order valence-electron chi connectivity index (χ0n) is 19.2. The fraction of sp³-hybridized carbons (Fsp3) is 0.375. The van der Waals surface area contributed by atoms with Crippen molar-refractivity contribution in [2.75, 3.05) is 18.4 Å². The Morgan fingerprint density at radius 1 is 1.12 bits per heavy atom. The standard InChI is InChI=1S/C24H27N5O3S2/c1-16-7-6-8-20-23(16)27-24(33-20)26-22(30)12-11-21-25-18-15-17(9-10-19(18)28(21)2)34(31,32)29-13-4-3-5-14-29/h6-10,15H,3-5,11-14H2,1-2H3,(H,26,27,30). The number of benzene rings is 2. The molecule has 0 spiro atoms. The van der Waals surface area contributed by atoms with Crippen molar-refractivity contribution < 1.29 is 13.2 Å². The van der Waals surface area contributed by atoms with Gasteiger partial charge in [-0.3, -0.25) is 4.79 Å². The second-order valence-corrected chi connectivity index (χ2v) is 11.7. The molecule has 2 aromatic heterocycles. The predicted octanol–water partition coefficient (Wildman–Crippen LogP) is 4.24. The lowest BCUT2D eigenvalue weighted by atomic mass is 10.2. The Bertz CT molecular complexity index is 1480. The molecule has 1 saturated heterocycles. The maximum absolute atomic E-state index is 13.0. The van der Waals surface area contributed by atoms with Crippen LogP contribution in [-0.2, 0) is 28.3 Å². The Morgan fingerprint density at radius 2 is 1.91 bits per heavy atom. The van der Waals surface area contributed by atoms with E-state index in [0.717, 1.165) is 46.4 Å². The first kappa shape index (κ1) is 22.9. The number of rotatable bonds is 6. The third-order valence-corrected chi connectivity index (χ3v) is 9.17. The van der Waals surface area contributed by atoms with Gasteiger partial charge in [0.1, 0.15) is 5.82 Å². The highest BCUT2D eigenvalue weighted by molar-refractivity contribution is 7.89. The highest BCUT2D eigenvalue weighted by atomic mass is 32.2. The molecule has 1 aliphatic heterocycles. The van der Waals surface area contributed by atoms with E-state index in [1.54, 1.807) is 22.5 Å². The van der Waals surface area contributed by atoms with Gasteiger partial charge in [0.05, 0.1) is 26.1 Å². The minimum absolute atomic E-state index is 0.128. The number of imidazole rings is 1. The molecule has 1 aliphatic rings. The molecule has 178 valence electrons. The summed E-state index contributed by atoms with van der Waals surface area (Å²) in [4.78, 5) is 22.0. The number of aromatic nitrogens is 3. The van der Waals surface area contributed by atoms with Crippen LogP contribution >= 0.6 is 11.3 Å². The zero-order valence-corrected chi connectivity index (χ0v) is 20.9. The Kier molecular flexibility index (Phi) is 6.13. The van der Waals surface area contributed by atoms with Crippen LogP contribution in [0, 0.1) is 6.92 Å². The fourth-order valence-corrected chi connectivity index (χ4v) is 6.91. The molecule has 3 heterocycles. The number of sulfonamides is 1. The number of nitrogens with one attached hydrogen (secondary N) is 1. The van der Waals surface area contributed by atoms with Crippen LogP contribution in [-0.4, -0.2) is 46.3 Å². The van der Waals surface area contributed by atoms with Crippen molar-refractivity contribution in [1.29, 1.82) is 0 Å². The number of fused-ring (bicyclic) bond motifs is 2. The van der Waals surface area contributed by atoms with Crippen LogP contribution < -0.4 is 5.32 Å². The summed E-state index contributed by atoms with van der Waals surface area (Å²) in [6.07, 6.45) is 3.56. The molecular weight excluding hydrogens is 470 g/mol. The minimum Gasteiger partial charge on any atom is -0.331 e. The summed E-state index contributed by atoms with van der Waals surface area (Å²) in [5, 5.41) is 3.48. The first-order valence-corrected chi connectivity index (χ1v) is 13.7. The number of amides is 1. The molecule has 4 aromatic rings. The van der Waals surface area contributed by atoms with Crippen molar-refractivity contribution in [2.45, 2.75) is 43.9 Å². The van der Waals surface area contributed by atoms with Gasteiger partial charge < -0.3 is 9.88 Å². The first-order chi connectivity index (χ1) is 16.3. The van der Waals surface area contributed by atoms with Crippen LogP contribution in [0.2, 0.25) is 0 Å². The van der Waals surface area contributed by atoms with Crippen LogP contribution in [0.1, 0.15) is 37.1 Å². The average Bonchev–Trinajstić information content (AvgIpc) is 3.39. The van der Waals surface area contributed by atoms with E-state index in [9.17, 15) is 13.2 Å². The molecule has 0 radical (unpaired) electrons. The SMILES string of the molecule is Cc1cccc2sc(NC(=O)CCc3nc4cc(S(=O)(=O)N5CCCCC5)ccc4n3C)nc12. The van der Waals surface area contributed by atoms with Crippen molar-refractivity contribution in [3.63, 3.8) is 0 Å². The summed E-state index contributed by atoms with van der Waals surface area (Å²) in [6.45, 7) is 3.14. The van der Waals surface area contributed by atoms with Gasteiger partial charge in [-0.1, -0.05) is 29.9 Å². The summed E-state index contributed by atoms with van der Waals surface area (Å²) in [6, 6.07) is 11.1. The highest BCUT2D eigenvalue weighted by Gasteiger charge is 2.26. The number of hydrogen-bond acceptors (Lipinski definition) is 6. The molecule has 10 heteroatoms. The predicted molar refractivity (Wildman–Crippen MR) is 135 cm³/mol. The smallest absolute Gasteiger partial charge is 0.243 e. The average molecular weight is 498 g/mol. The number of anilines is 1. The molecule has 0 unspecified atom stereocenters. The monoisotopic (exact) mass is 497 g/mol. The van der Waals surface area contributed by atoms with Gasteiger partial charge in [0.15, 0.2) is 5.13 Å². The number of piperidine rings is 1. The van der Waals surface area contributed by atoms with Gasteiger partial charge in [0.25, 0.3) is 0 Å². The largest absolute Gasteiger partial charge is 0.331 e. The molecule has 1 fully saturated rings. The van der Waals surface area contributed by atoms with Crippen molar-refractivity contribution in [3.05, 3.63) is 47.8 Å². The Balaban J connectivity index is 1.30. The van der Waals surface area contributed by atoms with E-state index >= 15 is 0 Å². The Hall–Kier alpha value is -2.82. The number of carbonyl (C=O) groups is 1. The van der Waals surface area contributed by atoms with Gasteiger partial charge >= 0.3 is 0 Å². The molecule has 1 N–H and O–H groups in total. The van der Waals surface area contributed by atoms with Crippen LogP contribution in [0.25, 0.3) is 21.3 Å². The first-order valence-electron chi connectivity index (χ1n) is 11.4. The Labute approximate surface area is 202 Å². The van der Waals surface area contributed by atoms with E-state index < -0.39 is 10.0 Å². The third kappa shape index (κ3) is 4.33. The summed E-state index contributed by atoms with van der Waals surface area (Å²) in [5.74, 6) is 0.606. The van der Waals surface area contributed by atoms with Gasteiger partial charge in [-0.25, -0.2) is 18.4 Å².